The lowest BCUT2D eigenvalue weighted by atomic mass is 9.87. The molecule has 2 aliphatic heterocycles. The van der Waals surface area contributed by atoms with Crippen LogP contribution in [0.1, 0.15) is 46.7 Å². The average molecular weight is 296 g/mol. The summed E-state index contributed by atoms with van der Waals surface area (Å²) in [5.74, 6) is -0.681. The van der Waals surface area contributed by atoms with E-state index in [4.69, 9.17) is 10.8 Å². The second kappa shape index (κ2) is 4.77. The van der Waals surface area contributed by atoms with Gasteiger partial charge < -0.3 is 10.6 Å². The standard InChI is InChI=1S/C14H8N4O2.2CH4/c15-11-5-1-2-6-10-8(14(20)18-12(6)16)4-3-7(9(5)10)13(19)17-11;;/h1-4H,(H2,15,17,19)(H2,16,18,20);2*1H4. The maximum atomic E-state index is 12.0. The third kappa shape index (κ3) is 1.67. The molecule has 0 aliphatic carbocycles. The van der Waals surface area contributed by atoms with Crippen LogP contribution in [-0.2, 0) is 0 Å². The maximum Gasteiger partial charge on any atom is 0.257 e. The molecule has 2 aliphatic rings. The fourth-order valence-electron chi connectivity index (χ4n) is 2.79. The third-order valence-corrected chi connectivity index (χ3v) is 3.67. The normalized spacial score (nSPS) is 14.7. The summed E-state index contributed by atoms with van der Waals surface area (Å²) in [5.41, 5.74) is 2.00. The summed E-state index contributed by atoms with van der Waals surface area (Å²) in [6.07, 6.45) is 0. The summed E-state index contributed by atoms with van der Waals surface area (Å²) in [4.78, 5) is 23.9. The van der Waals surface area contributed by atoms with Gasteiger partial charge in [0.1, 0.15) is 11.7 Å². The molecule has 22 heavy (non-hydrogen) atoms. The zero-order chi connectivity index (χ0) is 14.0. The molecule has 0 saturated heterocycles. The highest BCUT2D eigenvalue weighted by Gasteiger charge is 2.30. The highest BCUT2D eigenvalue weighted by molar-refractivity contribution is 6.33. The van der Waals surface area contributed by atoms with Gasteiger partial charge in [-0.2, -0.15) is 0 Å². The molecule has 0 bridgehead atoms. The number of hydrogen-bond donors (Lipinski definition) is 4. The summed E-state index contributed by atoms with van der Waals surface area (Å²) in [6, 6.07) is 6.56. The minimum absolute atomic E-state index is 0. The first-order valence-electron chi connectivity index (χ1n) is 5.98. The topological polar surface area (TPSA) is 106 Å². The Labute approximate surface area is 127 Å². The van der Waals surface area contributed by atoms with Crippen LogP contribution in [-0.4, -0.2) is 23.5 Å². The van der Waals surface area contributed by atoms with Gasteiger partial charge >= 0.3 is 0 Å². The molecule has 2 heterocycles. The zero-order valence-corrected chi connectivity index (χ0v) is 10.1. The number of benzene rings is 2. The van der Waals surface area contributed by atoms with E-state index in [9.17, 15) is 9.59 Å². The molecule has 2 amide bonds. The van der Waals surface area contributed by atoms with Gasteiger partial charge in [-0.15, -0.1) is 0 Å². The van der Waals surface area contributed by atoms with Gasteiger partial charge in [0, 0.05) is 33.0 Å². The molecular formula is C16H16N4O2. The average Bonchev–Trinajstić information content (AvgIpc) is 2.42. The molecular weight excluding hydrogens is 280 g/mol. The summed E-state index contributed by atoms with van der Waals surface area (Å²) >= 11 is 0. The van der Waals surface area contributed by atoms with Crippen molar-refractivity contribution in [3.8, 4) is 0 Å². The van der Waals surface area contributed by atoms with Crippen molar-refractivity contribution >= 4 is 34.3 Å². The number of carbonyl (C=O) groups excluding carboxylic acids is 2. The van der Waals surface area contributed by atoms with E-state index < -0.39 is 0 Å². The van der Waals surface area contributed by atoms with Gasteiger partial charge in [0.15, 0.2) is 0 Å². The molecule has 0 spiro atoms. The number of carbonyl (C=O) groups is 2. The molecule has 6 nitrogen and oxygen atoms in total. The molecule has 2 aromatic rings. The molecule has 4 N–H and O–H groups in total. The van der Waals surface area contributed by atoms with Gasteiger partial charge in [0.25, 0.3) is 11.8 Å². The van der Waals surface area contributed by atoms with Crippen LogP contribution in [0.3, 0.4) is 0 Å². The second-order valence-electron chi connectivity index (χ2n) is 4.73. The SMILES string of the molecule is C.C.N=C1NC(=O)c2ccc3c4c(ccc1c24)C(=N)NC3=O. The van der Waals surface area contributed by atoms with E-state index in [0.29, 0.717) is 33.0 Å². The van der Waals surface area contributed by atoms with E-state index in [1.54, 1.807) is 24.3 Å². The summed E-state index contributed by atoms with van der Waals surface area (Å²) in [7, 11) is 0. The van der Waals surface area contributed by atoms with E-state index in [1.165, 1.54) is 0 Å². The number of hydrogen-bond acceptors (Lipinski definition) is 4. The van der Waals surface area contributed by atoms with Crippen molar-refractivity contribution in [3.63, 3.8) is 0 Å². The Morgan fingerprint density at radius 3 is 1.32 bits per heavy atom. The van der Waals surface area contributed by atoms with Crippen molar-refractivity contribution in [2.45, 2.75) is 14.9 Å². The lowest BCUT2D eigenvalue weighted by Gasteiger charge is -2.24. The maximum absolute atomic E-state index is 12.0. The fourth-order valence-corrected chi connectivity index (χ4v) is 2.79. The molecule has 0 unspecified atom stereocenters. The summed E-state index contributed by atoms with van der Waals surface area (Å²) < 4.78 is 0. The smallest absolute Gasteiger partial charge is 0.257 e. The quantitative estimate of drug-likeness (QED) is 0.598. The van der Waals surface area contributed by atoms with E-state index in [0.717, 1.165) is 0 Å². The van der Waals surface area contributed by atoms with Gasteiger partial charge in [-0.3, -0.25) is 20.4 Å². The van der Waals surface area contributed by atoms with Gasteiger partial charge in [-0.25, -0.2) is 0 Å². The van der Waals surface area contributed by atoms with Crippen LogP contribution >= 0.6 is 0 Å². The zero-order valence-electron chi connectivity index (χ0n) is 10.1. The molecule has 0 fully saturated rings. The summed E-state index contributed by atoms with van der Waals surface area (Å²) in [6.45, 7) is 0. The highest BCUT2D eigenvalue weighted by Crippen LogP contribution is 2.33. The van der Waals surface area contributed by atoms with Crippen LogP contribution in [0, 0.1) is 10.8 Å². The van der Waals surface area contributed by atoms with E-state index in [-0.39, 0.29) is 38.3 Å². The van der Waals surface area contributed by atoms with E-state index in [2.05, 4.69) is 10.6 Å². The fraction of sp³-hybridized carbons (Fsp3) is 0.125. The van der Waals surface area contributed by atoms with Crippen molar-refractivity contribution in [2.75, 3.05) is 0 Å². The lowest BCUT2D eigenvalue weighted by molar-refractivity contribution is 0.0965. The first-order chi connectivity index (χ1) is 9.58. The molecule has 112 valence electrons. The lowest BCUT2D eigenvalue weighted by Crippen LogP contribution is -2.38. The van der Waals surface area contributed by atoms with Crippen LogP contribution in [0.5, 0.6) is 0 Å². The Kier molecular flexibility index (Phi) is 3.33. The minimum Gasteiger partial charge on any atom is -0.307 e. The Morgan fingerprint density at radius 1 is 0.636 bits per heavy atom. The van der Waals surface area contributed by atoms with Crippen LogP contribution in [0.25, 0.3) is 10.8 Å². The number of nitrogens with one attached hydrogen (secondary N) is 4. The Morgan fingerprint density at radius 2 is 0.955 bits per heavy atom. The van der Waals surface area contributed by atoms with Gasteiger partial charge in [0.2, 0.25) is 0 Å². The van der Waals surface area contributed by atoms with Crippen LogP contribution in [0.4, 0.5) is 0 Å². The summed E-state index contributed by atoms with van der Waals surface area (Å²) in [5, 5.41) is 21.9. The van der Waals surface area contributed by atoms with Gasteiger partial charge in [0.05, 0.1) is 0 Å². The van der Waals surface area contributed by atoms with Crippen molar-refractivity contribution < 1.29 is 9.59 Å². The Bertz CT molecular complexity index is 744. The van der Waals surface area contributed by atoms with E-state index >= 15 is 0 Å². The van der Waals surface area contributed by atoms with Crippen molar-refractivity contribution in [1.82, 2.24) is 10.6 Å². The predicted octanol–water partition coefficient (Wildman–Crippen LogP) is 2.25. The number of amidine groups is 2. The molecule has 0 aromatic heterocycles. The molecule has 0 atom stereocenters. The molecule has 6 heteroatoms. The third-order valence-electron chi connectivity index (χ3n) is 3.67. The van der Waals surface area contributed by atoms with Crippen LogP contribution in [0.2, 0.25) is 0 Å². The number of rotatable bonds is 0. The number of amides is 2. The minimum atomic E-state index is -0.358. The molecule has 4 rings (SSSR count). The van der Waals surface area contributed by atoms with E-state index in [1.807, 2.05) is 0 Å². The predicted molar refractivity (Wildman–Crippen MR) is 86.0 cm³/mol. The van der Waals surface area contributed by atoms with Crippen LogP contribution in [0.15, 0.2) is 24.3 Å². The first kappa shape index (κ1) is 15.4. The Balaban J connectivity index is 0.000000882. The monoisotopic (exact) mass is 296 g/mol. The first-order valence-corrected chi connectivity index (χ1v) is 5.98. The largest absolute Gasteiger partial charge is 0.307 e. The van der Waals surface area contributed by atoms with Crippen molar-refractivity contribution in [1.29, 1.82) is 10.8 Å². The van der Waals surface area contributed by atoms with Crippen molar-refractivity contribution in [2.24, 2.45) is 0 Å². The molecule has 2 aromatic carbocycles. The van der Waals surface area contributed by atoms with Crippen LogP contribution < -0.4 is 10.6 Å². The highest BCUT2D eigenvalue weighted by atomic mass is 16.2. The van der Waals surface area contributed by atoms with Gasteiger partial charge in [-0.1, -0.05) is 14.9 Å². The molecule has 0 saturated carbocycles. The second-order valence-corrected chi connectivity index (χ2v) is 4.73. The van der Waals surface area contributed by atoms with Crippen molar-refractivity contribution in [3.05, 3.63) is 46.5 Å². The van der Waals surface area contributed by atoms with Gasteiger partial charge in [-0.05, 0) is 24.3 Å². The Hall–Kier alpha value is -3.02. The molecule has 0 radical (unpaired) electrons.